The van der Waals surface area contributed by atoms with Gasteiger partial charge in [-0.1, -0.05) is 0 Å². The molecule has 0 aliphatic carbocycles. The maximum atomic E-state index is 11.2. The Morgan fingerprint density at radius 1 is 0.824 bits per heavy atom. The Bertz CT molecular complexity index is 215. The highest BCUT2D eigenvalue weighted by Crippen LogP contribution is 2.02. The van der Waals surface area contributed by atoms with Gasteiger partial charge in [0.25, 0.3) is 0 Å². The van der Waals surface area contributed by atoms with Gasteiger partial charge in [0, 0.05) is 19.4 Å². The first-order valence-electron chi connectivity index (χ1n) is 6.09. The normalized spacial score (nSPS) is 10.0. The summed E-state index contributed by atoms with van der Waals surface area (Å²) in [6, 6.07) is 0. The predicted octanol–water partition coefficient (Wildman–Crippen LogP) is 1.69. The molecular formula is C12H22O5. The van der Waals surface area contributed by atoms with Gasteiger partial charge < -0.3 is 14.2 Å². The van der Waals surface area contributed by atoms with Gasteiger partial charge in [-0.2, -0.15) is 0 Å². The molecule has 0 aromatic carbocycles. The SMILES string of the molecule is CCOCCOC(=O)CCCCC(=O)OCC. The molecule has 0 radical (unpaired) electrons. The van der Waals surface area contributed by atoms with Gasteiger partial charge in [0.15, 0.2) is 0 Å². The van der Waals surface area contributed by atoms with Crippen molar-refractivity contribution in [2.24, 2.45) is 0 Å². The molecule has 0 N–H and O–H groups in total. The van der Waals surface area contributed by atoms with E-state index in [0.717, 1.165) is 0 Å². The quantitative estimate of drug-likeness (QED) is 0.433. The Balaban J connectivity index is 3.30. The van der Waals surface area contributed by atoms with Gasteiger partial charge in [0.05, 0.1) is 13.2 Å². The fourth-order valence-electron chi connectivity index (χ4n) is 1.20. The van der Waals surface area contributed by atoms with Crippen LogP contribution in [0.4, 0.5) is 0 Å². The van der Waals surface area contributed by atoms with Crippen molar-refractivity contribution in [1.29, 1.82) is 0 Å². The van der Waals surface area contributed by atoms with Gasteiger partial charge in [-0.3, -0.25) is 9.59 Å². The monoisotopic (exact) mass is 246 g/mol. The van der Waals surface area contributed by atoms with Crippen molar-refractivity contribution in [3.05, 3.63) is 0 Å². The summed E-state index contributed by atoms with van der Waals surface area (Å²) < 4.78 is 14.7. The van der Waals surface area contributed by atoms with Crippen molar-refractivity contribution in [3.8, 4) is 0 Å². The minimum absolute atomic E-state index is 0.211. The summed E-state index contributed by atoms with van der Waals surface area (Å²) >= 11 is 0. The first-order chi connectivity index (χ1) is 8.20. The Kier molecular flexibility index (Phi) is 10.7. The van der Waals surface area contributed by atoms with Crippen LogP contribution in [0.2, 0.25) is 0 Å². The number of carbonyl (C=O) groups is 2. The van der Waals surface area contributed by atoms with E-state index >= 15 is 0 Å². The van der Waals surface area contributed by atoms with Crippen molar-refractivity contribution >= 4 is 11.9 Å². The third-order valence-corrected chi connectivity index (χ3v) is 2.01. The number of carbonyl (C=O) groups excluding carboxylic acids is 2. The molecular weight excluding hydrogens is 224 g/mol. The van der Waals surface area contributed by atoms with Crippen LogP contribution in [0.1, 0.15) is 39.5 Å². The average molecular weight is 246 g/mol. The van der Waals surface area contributed by atoms with Crippen LogP contribution in [0.15, 0.2) is 0 Å². The molecule has 0 unspecified atom stereocenters. The summed E-state index contributed by atoms with van der Waals surface area (Å²) in [5.74, 6) is -0.453. The van der Waals surface area contributed by atoms with Crippen LogP contribution in [0.5, 0.6) is 0 Å². The van der Waals surface area contributed by atoms with Crippen LogP contribution in [-0.4, -0.2) is 38.4 Å². The van der Waals surface area contributed by atoms with E-state index in [0.29, 0.717) is 52.1 Å². The second kappa shape index (κ2) is 11.4. The van der Waals surface area contributed by atoms with E-state index < -0.39 is 0 Å². The smallest absolute Gasteiger partial charge is 0.305 e. The number of hydrogen-bond donors (Lipinski definition) is 0. The minimum atomic E-state index is -0.242. The first-order valence-corrected chi connectivity index (χ1v) is 6.09. The topological polar surface area (TPSA) is 61.8 Å². The average Bonchev–Trinajstić information content (AvgIpc) is 2.31. The van der Waals surface area contributed by atoms with Crippen molar-refractivity contribution in [2.75, 3.05) is 26.4 Å². The summed E-state index contributed by atoms with van der Waals surface area (Å²) in [4.78, 5) is 22.2. The van der Waals surface area contributed by atoms with Gasteiger partial charge in [0.1, 0.15) is 6.61 Å². The molecule has 0 heterocycles. The van der Waals surface area contributed by atoms with E-state index in [-0.39, 0.29) is 11.9 Å². The molecule has 5 heteroatoms. The molecule has 0 amide bonds. The van der Waals surface area contributed by atoms with E-state index in [1.807, 2.05) is 6.92 Å². The molecule has 100 valence electrons. The number of unbranched alkanes of at least 4 members (excludes halogenated alkanes) is 1. The molecule has 0 aliphatic heterocycles. The molecule has 0 spiro atoms. The molecule has 5 nitrogen and oxygen atoms in total. The van der Waals surface area contributed by atoms with Crippen LogP contribution in [0, 0.1) is 0 Å². The number of ether oxygens (including phenoxy) is 3. The zero-order valence-electron chi connectivity index (χ0n) is 10.7. The molecule has 0 aromatic rings. The van der Waals surface area contributed by atoms with Crippen LogP contribution in [-0.2, 0) is 23.8 Å². The maximum absolute atomic E-state index is 11.2. The molecule has 0 saturated heterocycles. The zero-order valence-corrected chi connectivity index (χ0v) is 10.7. The molecule has 0 saturated carbocycles. The Labute approximate surface area is 102 Å². The second-order valence-electron chi connectivity index (χ2n) is 3.43. The van der Waals surface area contributed by atoms with Crippen molar-refractivity contribution in [2.45, 2.75) is 39.5 Å². The molecule has 17 heavy (non-hydrogen) atoms. The second-order valence-corrected chi connectivity index (χ2v) is 3.43. The highest BCUT2D eigenvalue weighted by molar-refractivity contribution is 5.70. The van der Waals surface area contributed by atoms with Gasteiger partial charge in [-0.15, -0.1) is 0 Å². The molecule has 0 bridgehead atoms. The van der Waals surface area contributed by atoms with E-state index in [9.17, 15) is 9.59 Å². The molecule has 0 aliphatic rings. The van der Waals surface area contributed by atoms with Gasteiger partial charge in [-0.25, -0.2) is 0 Å². The molecule has 0 rings (SSSR count). The zero-order chi connectivity index (χ0) is 12.9. The number of rotatable bonds is 10. The lowest BCUT2D eigenvalue weighted by atomic mass is 10.2. The summed E-state index contributed by atoms with van der Waals surface area (Å²) in [5, 5.41) is 0. The van der Waals surface area contributed by atoms with Crippen LogP contribution < -0.4 is 0 Å². The fraction of sp³-hybridized carbons (Fsp3) is 0.833. The number of hydrogen-bond acceptors (Lipinski definition) is 5. The summed E-state index contributed by atoms with van der Waals surface area (Å²) in [6.45, 7) is 5.41. The van der Waals surface area contributed by atoms with Crippen molar-refractivity contribution < 1.29 is 23.8 Å². The lowest BCUT2D eigenvalue weighted by Crippen LogP contribution is -2.10. The lowest BCUT2D eigenvalue weighted by Gasteiger charge is -2.04. The molecule has 0 atom stereocenters. The highest BCUT2D eigenvalue weighted by atomic mass is 16.6. The lowest BCUT2D eigenvalue weighted by molar-refractivity contribution is -0.146. The maximum Gasteiger partial charge on any atom is 0.305 e. The highest BCUT2D eigenvalue weighted by Gasteiger charge is 2.05. The third-order valence-electron chi connectivity index (χ3n) is 2.01. The van der Waals surface area contributed by atoms with E-state index in [4.69, 9.17) is 14.2 Å². The van der Waals surface area contributed by atoms with Crippen molar-refractivity contribution in [3.63, 3.8) is 0 Å². The fourth-order valence-corrected chi connectivity index (χ4v) is 1.20. The predicted molar refractivity (Wildman–Crippen MR) is 62.6 cm³/mol. The molecule has 0 fully saturated rings. The summed E-state index contributed by atoms with van der Waals surface area (Å²) in [6.07, 6.45) is 2.00. The largest absolute Gasteiger partial charge is 0.466 e. The summed E-state index contributed by atoms with van der Waals surface area (Å²) in [7, 11) is 0. The van der Waals surface area contributed by atoms with E-state index in [1.165, 1.54) is 0 Å². The summed E-state index contributed by atoms with van der Waals surface area (Å²) in [5.41, 5.74) is 0. The van der Waals surface area contributed by atoms with E-state index in [2.05, 4.69) is 0 Å². The Hall–Kier alpha value is -1.10. The van der Waals surface area contributed by atoms with Crippen LogP contribution >= 0.6 is 0 Å². The van der Waals surface area contributed by atoms with Crippen molar-refractivity contribution in [1.82, 2.24) is 0 Å². The molecule has 0 aromatic heterocycles. The van der Waals surface area contributed by atoms with Crippen LogP contribution in [0.25, 0.3) is 0 Å². The Morgan fingerprint density at radius 2 is 1.41 bits per heavy atom. The van der Waals surface area contributed by atoms with Gasteiger partial charge >= 0.3 is 11.9 Å². The Morgan fingerprint density at radius 3 is 1.94 bits per heavy atom. The van der Waals surface area contributed by atoms with Crippen LogP contribution in [0.3, 0.4) is 0 Å². The van der Waals surface area contributed by atoms with Gasteiger partial charge in [0.2, 0.25) is 0 Å². The number of esters is 2. The van der Waals surface area contributed by atoms with Gasteiger partial charge in [-0.05, 0) is 26.7 Å². The first kappa shape index (κ1) is 15.9. The van der Waals surface area contributed by atoms with E-state index in [1.54, 1.807) is 6.92 Å². The minimum Gasteiger partial charge on any atom is -0.466 e. The third kappa shape index (κ3) is 11.2. The standard InChI is InChI=1S/C12H22O5/c1-3-15-9-10-17-12(14)8-6-5-7-11(13)16-4-2/h3-10H2,1-2H3.